The molecule has 1 unspecified atom stereocenters. The van der Waals surface area contributed by atoms with Crippen molar-refractivity contribution in [2.45, 2.75) is 32.2 Å². The Balaban J connectivity index is 0.00000161. The van der Waals surface area contributed by atoms with E-state index in [1.54, 1.807) is 0 Å². The third kappa shape index (κ3) is 2.76. The van der Waals surface area contributed by atoms with Gasteiger partial charge in [0.15, 0.2) is 0 Å². The number of rotatable bonds is 5. The Morgan fingerprint density at radius 2 is 1.90 bits per heavy atom. The molecule has 3 N–H and O–H groups in total. The Morgan fingerprint density at radius 3 is 2.43 bits per heavy atom. The van der Waals surface area contributed by atoms with Crippen LogP contribution in [0.25, 0.3) is 0 Å². The van der Waals surface area contributed by atoms with E-state index >= 15 is 0 Å². The minimum Gasteiger partial charge on any atom is -0.407 e. The molecule has 0 aliphatic heterocycles. The summed E-state index contributed by atoms with van der Waals surface area (Å²) < 4.78 is 5.40. The van der Waals surface area contributed by atoms with Crippen molar-refractivity contribution in [1.29, 1.82) is 0 Å². The topological polar surface area (TPSA) is 77.0 Å². The van der Waals surface area contributed by atoms with E-state index in [2.05, 4.69) is 53.6 Å². The Labute approximate surface area is 130 Å². The molecule has 3 rings (SSSR count). The first-order chi connectivity index (χ1) is 9.57. The van der Waals surface area contributed by atoms with E-state index in [0.717, 1.165) is 13.0 Å². The van der Waals surface area contributed by atoms with Crippen LogP contribution in [0.3, 0.4) is 0 Å². The van der Waals surface area contributed by atoms with Crippen LogP contribution in [-0.4, -0.2) is 16.7 Å². The average molecular weight is 309 g/mol. The SMILES string of the molecule is CC1(C)CC1(CNc1nnc(CN)o1)c1ccccc1.Cl. The molecule has 2 aromatic rings. The minimum absolute atomic E-state index is 0. The van der Waals surface area contributed by atoms with Crippen molar-refractivity contribution in [3.63, 3.8) is 0 Å². The third-order valence-electron chi connectivity index (χ3n) is 4.42. The lowest BCUT2D eigenvalue weighted by Crippen LogP contribution is -2.25. The molecular formula is C15H21ClN4O. The van der Waals surface area contributed by atoms with Crippen LogP contribution in [0.5, 0.6) is 0 Å². The molecule has 1 fully saturated rings. The largest absolute Gasteiger partial charge is 0.407 e. The zero-order chi connectivity index (χ0) is 14.2. The number of halogens is 1. The van der Waals surface area contributed by atoms with E-state index in [1.165, 1.54) is 5.56 Å². The number of anilines is 1. The fourth-order valence-corrected chi connectivity index (χ4v) is 3.00. The molecule has 1 heterocycles. The van der Waals surface area contributed by atoms with Crippen molar-refractivity contribution in [2.75, 3.05) is 11.9 Å². The van der Waals surface area contributed by atoms with Crippen LogP contribution in [-0.2, 0) is 12.0 Å². The first-order valence-electron chi connectivity index (χ1n) is 6.89. The maximum Gasteiger partial charge on any atom is 0.315 e. The van der Waals surface area contributed by atoms with Gasteiger partial charge in [0.05, 0.1) is 6.54 Å². The number of nitrogens with one attached hydrogen (secondary N) is 1. The molecule has 1 aromatic carbocycles. The molecule has 1 aliphatic rings. The van der Waals surface area contributed by atoms with E-state index in [9.17, 15) is 0 Å². The maximum absolute atomic E-state index is 5.47. The van der Waals surface area contributed by atoms with Gasteiger partial charge in [0, 0.05) is 12.0 Å². The Hall–Kier alpha value is -1.59. The fourth-order valence-electron chi connectivity index (χ4n) is 3.00. The second-order valence-electron chi connectivity index (χ2n) is 6.07. The summed E-state index contributed by atoms with van der Waals surface area (Å²) in [6, 6.07) is 11.1. The van der Waals surface area contributed by atoms with Crippen molar-refractivity contribution in [3.05, 3.63) is 41.8 Å². The number of benzene rings is 1. The van der Waals surface area contributed by atoms with Crippen LogP contribution in [0.15, 0.2) is 34.7 Å². The van der Waals surface area contributed by atoms with E-state index in [0.29, 0.717) is 11.9 Å². The van der Waals surface area contributed by atoms with E-state index < -0.39 is 0 Å². The second-order valence-corrected chi connectivity index (χ2v) is 6.07. The smallest absolute Gasteiger partial charge is 0.315 e. The molecular weight excluding hydrogens is 288 g/mol. The summed E-state index contributed by atoms with van der Waals surface area (Å²) in [5, 5.41) is 11.1. The number of hydrogen-bond donors (Lipinski definition) is 2. The van der Waals surface area contributed by atoms with Crippen LogP contribution < -0.4 is 11.1 Å². The van der Waals surface area contributed by atoms with Crippen molar-refractivity contribution < 1.29 is 4.42 Å². The van der Waals surface area contributed by atoms with Crippen LogP contribution >= 0.6 is 12.4 Å². The molecule has 0 radical (unpaired) electrons. The molecule has 21 heavy (non-hydrogen) atoms. The standard InChI is InChI=1S/C15H20N4O.ClH/c1-14(2)9-15(14,11-6-4-3-5-7-11)10-17-13-19-18-12(8-16)20-13;/h3-7H,8-10,16H2,1-2H3,(H,17,19);1H. The molecule has 0 spiro atoms. The molecule has 1 aliphatic carbocycles. The number of hydrogen-bond acceptors (Lipinski definition) is 5. The van der Waals surface area contributed by atoms with E-state index in [1.807, 2.05) is 6.07 Å². The highest BCUT2D eigenvalue weighted by molar-refractivity contribution is 5.85. The van der Waals surface area contributed by atoms with Gasteiger partial charge in [-0.2, -0.15) is 0 Å². The molecule has 1 saturated carbocycles. The van der Waals surface area contributed by atoms with Crippen molar-refractivity contribution in [3.8, 4) is 0 Å². The molecule has 5 nitrogen and oxygen atoms in total. The molecule has 0 saturated heterocycles. The third-order valence-corrected chi connectivity index (χ3v) is 4.42. The predicted molar refractivity (Wildman–Crippen MR) is 84.4 cm³/mol. The summed E-state index contributed by atoms with van der Waals surface area (Å²) in [6.45, 7) is 5.64. The van der Waals surface area contributed by atoms with Crippen molar-refractivity contribution >= 4 is 18.4 Å². The molecule has 1 atom stereocenters. The summed E-state index contributed by atoms with van der Waals surface area (Å²) in [5.41, 5.74) is 7.23. The van der Waals surface area contributed by atoms with E-state index in [4.69, 9.17) is 10.2 Å². The number of nitrogens with two attached hydrogens (primary N) is 1. The van der Waals surface area contributed by atoms with Gasteiger partial charge in [-0.05, 0) is 17.4 Å². The fraction of sp³-hybridized carbons (Fsp3) is 0.467. The summed E-state index contributed by atoms with van der Waals surface area (Å²) in [7, 11) is 0. The normalized spacial score (nSPS) is 22.4. The molecule has 6 heteroatoms. The van der Waals surface area contributed by atoms with Crippen LogP contribution in [0.1, 0.15) is 31.7 Å². The quantitative estimate of drug-likeness (QED) is 0.888. The second kappa shape index (κ2) is 5.66. The van der Waals surface area contributed by atoms with Gasteiger partial charge in [-0.25, -0.2) is 0 Å². The van der Waals surface area contributed by atoms with E-state index in [-0.39, 0.29) is 29.8 Å². The van der Waals surface area contributed by atoms with Crippen molar-refractivity contribution in [2.24, 2.45) is 11.1 Å². The zero-order valence-electron chi connectivity index (χ0n) is 12.3. The molecule has 114 valence electrons. The predicted octanol–water partition coefficient (Wildman–Crippen LogP) is 2.73. The zero-order valence-corrected chi connectivity index (χ0v) is 13.1. The summed E-state index contributed by atoms with van der Waals surface area (Å²) >= 11 is 0. The highest BCUT2D eigenvalue weighted by atomic mass is 35.5. The highest BCUT2D eigenvalue weighted by Gasteiger charge is 2.61. The number of nitrogens with zero attached hydrogens (tertiary/aromatic N) is 2. The summed E-state index contributed by atoms with van der Waals surface area (Å²) in [4.78, 5) is 0. The lowest BCUT2D eigenvalue weighted by molar-refractivity contribution is 0.485. The Kier molecular flexibility index (Phi) is 4.25. The summed E-state index contributed by atoms with van der Waals surface area (Å²) in [6.07, 6.45) is 1.15. The molecule has 0 amide bonds. The van der Waals surface area contributed by atoms with Crippen molar-refractivity contribution in [1.82, 2.24) is 10.2 Å². The lowest BCUT2D eigenvalue weighted by atomic mass is 9.88. The van der Waals surface area contributed by atoms with Gasteiger partial charge in [-0.3, -0.25) is 0 Å². The Morgan fingerprint density at radius 1 is 1.24 bits per heavy atom. The van der Waals surface area contributed by atoms with Gasteiger partial charge in [-0.15, -0.1) is 17.5 Å². The van der Waals surface area contributed by atoms with Crippen LogP contribution in [0.2, 0.25) is 0 Å². The highest BCUT2D eigenvalue weighted by Crippen LogP contribution is 2.64. The first kappa shape index (κ1) is 15.8. The first-order valence-corrected chi connectivity index (χ1v) is 6.89. The monoisotopic (exact) mass is 308 g/mol. The van der Waals surface area contributed by atoms with Crippen LogP contribution in [0.4, 0.5) is 6.01 Å². The molecule has 0 bridgehead atoms. The van der Waals surface area contributed by atoms with Gasteiger partial charge in [0.2, 0.25) is 5.89 Å². The van der Waals surface area contributed by atoms with Crippen LogP contribution in [0, 0.1) is 5.41 Å². The Bertz CT molecular complexity index is 599. The number of aromatic nitrogens is 2. The van der Waals surface area contributed by atoms with Gasteiger partial charge in [0.1, 0.15) is 0 Å². The van der Waals surface area contributed by atoms with Gasteiger partial charge in [-0.1, -0.05) is 49.3 Å². The molecule has 1 aromatic heterocycles. The average Bonchev–Trinajstić information content (AvgIpc) is 2.83. The maximum atomic E-state index is 5.47. The van der Waals surface area contributed by atoms with Gasteiger partial charge in [0.25, 0.3) is 0 Å². The minimum atomic E-state index is 0. The lowest BCUT2D eigenvalue weighted by Gasteiger charge is -2.21. The van der Waals surface area contributed by atoms with Gasteiger partial charge < -0.3 is 15.5 Å². The van der Waals surface area contributed by atoms with Gasteiger partial charge >= 0.3 is 6.01 Å². The summed E-state index contributed by atoms with van der Waals surface area (Å²) in [5.74, 6) is 0.455.